The van der Waals surface area contributed by atoms with Crippen molar-refractivity contribution < 1.29 is 14.1 Å². The summed E-state index contributed by atoms with van der Waals surface area (Å²) in [6.07, 6.45) is -0.573. The molecule has 0 bridgehead atoms. The number of halogens is 2. The molecular weight excluding hydrogens is 299 g/mol. The van der Waals surface area contributed by atoms with Crippen LogP contribution in [0.25, 0.3) is 0 Å². The fourth-order valence-corrected chi connectivity index (χ4v) is 2.12. The van der Waals surface area contributed by atoms with Crippen LogP contribution in [0.2, 0.25) is 5.02 Å². The SMILES string of the molecule is CC(Oc1ccc(N)c([N+](=O)[O-])c1)c1cc(F)ccc1Cl. The van der Waals surface area contributed by atoms with E-state index in [0.717, 1.165) is 0 Å². The number of anilines is 1. The normalized spacial score (nSPS) is 12.0. The molecule has 0 aliphatic carbocycles. The predicted octanol–water partition coefficient (Wildman–Crippen LogP) is 4.11. The molecule has 2 aromatic rings. The maximum Gasteiger partial charge on any atom is 0.295 e. The Morgan fingerprint density at radius 3 is 2.71 bits per heavy atom. The zero-order chi connectivity index (χ0) is 15.6. The largest absolute Gasteiger partial charge is 0.486 e. The quantitative estimate of drug-likeness (QED) is 0.523. The topological polar surface area (TPSA) is 78.4 Å². The fraction of sp³-hybridized carbons (Fsp3) is 0.143. The van der Waals surface area contributed by atoms with Crippen LogP contribution in [0.3, 0.4) is 0 Å². The lowest BCUT2D eigenvalue weighted by Crippen LogP contribution is -2.05. The molecule has 0 saturated heterocycles. The third-order valence-electron chi connectivity index (χ3n) is 2.91. The number of nitrogen functional groups attached to an aromatic ring is 1. The van der Waals surface area contributed by atoms with Crippen molar-refractivity contribution in [1.29, 1.82) is 0 Å². The van der Waals surface area contributed by atoms with Gasteiger partial charge in [0.2, 0.25) is 0 Å². The molecule has 7 heteroatoms. The Morgan fingerprint density at radius 2 is 2.05 bits per heavy atom. The van der Waals surface area contributed by atoms with Gasteiger partial charge in [-0.2, -0.15) is 0 Å². The Hall–Kier alpha value is -2.34. The van der Waals surface area contributed by atoms with Gasteiger partial charge in [-0.1, -0.05) is 11.6 Å². The summed E-state index contributed by atoms with van der Waals surface area (Å²) in [5.41, 5.74) is 5.76. The van der Waals surface area contributed by atoms with Gasteiger partial charge in [-0.15, -0.1) is 0 Å². The van der Waals surface area contributed by atoms with Crippen LogP contribution >= 0.6 is 11.6 Å². The van der Waals surface area contributed by atoms with E-state index in [-0.39, 0.29) is 17.1 Å². The van der Waals surface area contributed by atoms with Gasteiger partial charge in [-0.05, 0) is 37.3 Å². The zero-order valence-corrected chi connectivity index (χ0v) is 11.8. The van der Waals surface area contributed by atoms with E-state index in [2.05, 4.69) is 0 Å². The molecule has 21 heavy (non-hydrogen) atoms. The molecule has 0 aromatic heterocycles. The molecule has 0 saturated carbocycles. The Balaban J connectivity index is 2.27. The molecule has 110 valence electrons. The first kappa shape index (κ1) is 15.1. The van der Waals surface area contributed by atoms with Gasteiger partial charge in [-0.25, -0.2) is 4.39 Å². The number of ether oxygens (including phenoxy) is 1. The minimum atomic E-state index is -0.595. The zero-order valence-electron chi connectivity index (χ0n) is 11.0. The number of nitrogens with zero attached hydrogens (tertiary/aromatic N) is 1. The molecule has 2 aromatic carbocycles. The van der Waals surface area contributed by atoms with Gasteiger partial charge in [0.25, 0.3) is 5.69 Å². The number of hydrogen-bond acceptors (Lipinski definition) is 4. The molecular formula is C14H12ClFN2O3. The van der Waals surface area contributed by atoms with Gasteiger partial charge in [0.15, 0.2) is 0 Å². The van der Waals surface area contributed by atoms with Crippen molar-refractivity contribution in [2.45, 2.75) is 13.0 Å². The van der Waals surface area contributed by atoms with E-state index < -0.39 is 16.8 Å². The third-order valence-corrected chi connectivity index (χ3v) is 3.25. The van der Waals surface area contributed by atoms with Crippen LogP contribution < -0.4 is 10.5 Å². The molecule has 0 spiro atoms. The lowest BCUT2D eigenvalue weighted by atomic mass is 10.1. The maximum absolute atomic E-state index is 13.2. The summed E-state index contributed by atoms with van der Waals surface area (Å²) in [4.78, 5) is 10.2. The summed E-state index contributed by atoms with van der Waals surface area (Å²) >= 11 is 5.99. The minimum Gasteiger partial charge on any atom is -0.486 e. The van der Waals surface area contributed by atoms with Gasteiger partial charge in [0.1, 0.15) is 23.4 Å². The maximum atomic E-state index is 13.2. The molecule has 0 amide bonds. The highest BCUT2D eigenvalue weighted by Gasteiger charge is 2.16. The van der Waals surface area contributed by atoms with Crippen molar-refractivity contribution in [1.82, 2.24) is 0 Å². The summed E-state index contributed by atoms with van der Waals surface area (Å²) in [6.45, 7) is 1.67. The first-order chi connectivity index (χ1) is 9.88. The van der Waals surface area contributed by atoms with Crippen molar-refractivity contribution in [3.63, 3.8) is 0 Å². The van der Waals surface area contributed by atoms with Crippen molar-refractivity contribution >= 4 is 23.0 Å². The highest BCUT2D eigenvalue weighted by molar-refractivity contribution is 6.31. The smallest absolute Gasteiger partial charge is 0.295 e. The second kappa shape index (κ2) is 5.97. The lowest BCUT2D eigenvalue weighted by molar-refractivity contribution is -0.384. The molecule has 0 fully saturated rings. The van der Waals surface area contributed by atoms with Crippen LogP contribution in [0.15, 0.2) is 36.4 Å². The highest BCUT2D eigenvalue weighted by atomic mass is 35.5. The lowest BCUT2D eigenvalue weighted by Gasteiger charge is -2.16. The van der Waals surface area contributed by atoms with E-state index in [4.69, 9.17) is 22.1 Å². The molecule has 0 aliphatic rings. The third kappa shape index (κ3) is 3.41. The summed E-state index contributed by atoms with van der Waals surface area (Å²) in [5, 5.41) is 11.2. The van der Waals surface area contributed by atoms with Crippen LogP contribution in [0.1, 0.15) is 18.6 Å². The Bertz CT molecular complexity index is 694. The Kier molecular flexibility index (Phi) is 4.28. The minimum absolute atomic E-state index is 0.0452. The molecule has 0 radical (unpaired) electrons. The van der Waals surface area contributed by atoms with Gasteiger partial charge in [0, 0.05) is 10.6 Å². The standard InChI is InChI=1S/C14H12ClFN2O3/c1-8(11-6-9(16)2-4-12(11)15)21-10-3-5-13(17)14(7-10)18(19)20/h2-8H,17H2,1H3. The highest BCUT2D eigenvalue weighted by Crippen LogP contribution is 2.31. The Labute approximate surface area is 125 Å². The number of hydrogen-bond donors (Lipinski definition) is 1. The van der Waals surface area contributed by atoms with Crippen molar-refractivity contribution in [3.8, 4) is 5.75 Å². The predicted molar refractivity (Wildman–Crippen MR) is 78.0 cm³/mol. The van der Waals surface area contributed by atoms with Crippen molar-refractivity contribution in [3.05, 3.63) is 62.9 Å². The number of nitro groups is 1. The van der Waals surface area contributed by atoms with Crippen LogP contribution in [0.5, 0.6) is 5.75 Å². The molecule has 2 N–H and O–H groups in total. The average Bonchev–Trinajstić information content (AvgIpc) is 2.43. The summed E-state index contributed by atoms with van der Waals surface area (Å²) in [5.74, 6) is -0.183. The monoisotopic (exact) mass is 310 g/mol. The van der Waals surface area contributed by atoms with Gasteiger partial charge in [-0.3, -0.25) is 10.1 Å². The average molecular weight is 311 g/mol. The molecule has 0 aliphatic heterocycles. The van der Waals surface area contributed by atoms with Gasteiger partial charge in [0.05, 0.1) is 11.0 Å². The fourth-order valence-electron chi connectivity index (χ4n) is 1.85. The number of rotatable bonds is 4. The van der Waals surface area contributed by atoms with E-state index in [1.807, 2.05) is 0 Å². The summed E-state index contributed by atoms with van der Waals surface area (Å²) in [6, 6.07) is 8.04. The van der Waals surface area contributed by atoms with Crippen LogP contribution in [-0.4, -0.2) is 4.92 Å². The summed E-state index contributed by atoms with van der Waals surface area (Å²) < 4.78 is 18.8. The number of benzene rings is 2. The summed E-state index contributed by atoms with van der Waals surface area (Å²) in [7, 11) is 0. The molecule has 2 rings (SSSR count). The van der Waals surface area contributed by atoms with E-state index in [1.165, 1.54) is 36.4 Å². The molecule has 5 nitrogen and oxygen atoms in total. The van der Waals surface area contributed by atoms with E-state index in [9.17, 15) is 14.5 Å². The first-order valence-corrected chi connectivity index (χ1v) is 6.42. The van der Waals surface area contributed by atoms with E-state index in [0.29, 0.717) is 10.6 Å². The van der Waals surface area contributed by atoms with Gasteiger partial charge >= 0.3 is 0 Å². The second-order valence-corrected chi connectivity index (χ2v) is 4.81. The Morgan fingerprint density at radius 1 is 1.33 bits per heavy atom. The second-order valence-electron chi connectivity index (χ2n) is 4.40. The molecule has 0 heterocycles. The van der Waals surface area contributed by atoms with E-state index in [1.54, 1.807) is 6.92 Å². The molecule has 1 atom stereocenters. The molecule has 1 unspecified atom stereocenters. The number of nitrogens with two attached hydrogens (primary N) is 1. The van der Waals surface area contributed by atoms with Crippen molar-refractivity contribution in [2.75, 3.05) is 5.73 Å². The van der Waals surface area contributed by atoms with Crippen LogP contribution in [0.4, 0.5) is 15.8 Å². The van der Waals surface area contributed by atoms with E-state index >= 15 is 0 Å². The first-order valence-electron chi connectivity index (χ1n) is 6.04. The number of nitro benzene ring substituents is 1. The van der Waals surface area contributed by atoms with Gasteiger partial charge < -0.3 is 10.5 Å². The van der Waals surface area contributed by atoms with Crippen LogP contribution in [0, 0.1) is 15.9 Å². The van der Waals surface area contributed by atoms with Crippen LogP contribution in [-0.2, 0) is 0 Å². The van der Waals surface area contributed by atoms with Crippen molar-refractivity contribution in [2.24, 2.45) is 0 Å².